The second kappa shape index (κ2) is 9.21. The van der Waals surface area contributed by atoms with Crippen molar-refractivity contribution < 1.29 is 18.8 Å². The van der Waals surface area contributed by atoms with E-state index in [1.165, 1.54) is 0 Å². The lowest BCUT2D eigenvalue weighted by molar-refractivity contribution is -0.131. The summed E-state index contributed by atoms with van der Waals surface area (Å²) in [6.07, 6.45) is 4.32. The summed E-state index contributed by atoms with van der Waals surface area (Å²) >= 11 is 0. The summed E-state index contributed by atoms with van der Waals surface area (Å²) in [5, 5.41) is 6.68. The van der Waals surface area contributed by atoms with E-state index in [4.69, 9.17) is 9.26 Å². The van der Waals surface area contributed by atoms with Crippen molar-refractivity contribution in [3.8, 4) is 5.75 Å². The van der Waals surface area contributed by atoms with Gasteiger partial charge < -0.3 is 19.5 Å². The van der Waals surface area contributed by atoms with Gasteiger partial charge >= 0.3 is 0 Å². The molecule has 7 heteroatoms. The number of ether oxygens (including phenoxy) is 1. The van der Waals surface area contributed by atoms with Gasteiger partial charge in [0.2, 0.25) is 11.8 Å². The predicted molar refractivity (Wildman–Crippen MR) is 99.0 cm³/mol. The number of amides is 2. The molecule has 1 atom stereocenters. The number of carbonyl (C=O) groups excluding carboxylic acids is 2. The molecule has 3 rings (SSSR count). The second-order valence-corrected chi connectivity index (χ2v) is 6.74. The maximum atomic E-state index is 12.4. The van der Waals surface area contributed by atoms with E-state index in [9.17, 15) is 9.59 Å². The Hall–Kier alpha value is -2.83. The molecule has 1 saturated heterocycles. The van der Waals surface area contributed by atoms with Crippen LogP contribution in [0.2, 0.25) is 0 Å². The van der Waals surface area contributed by atoms with Crippen molar-refractivity contribution in [2.24, 2.45) is 0 Å². The van der Waals surface area contributed by atoms with Crippen LogP contribution in [-0.4, -0.2) is 41.6 Å². The van der Waals surface area contributed by atoms with Crippen LogP contribution >= 0.6 is 0 Å². The summed E-state index contributed by atoms with van der Waals surface area (Å²) in [6, 6.07) is 9.52. The van der Waals surface area contributed by atoms with Crippen LogP contribution in [0, 0.1) is 0 Å². The second-order valence-electron chi connectivity index (χ2n) is 6.74. The topological polar surface area (TPSA) is 84.7 Å². The summed E-state index contributed by atoms with van der Waals surface area (Å²) in [5.74, 6) is 1.58. The minimum absolute atomic E-state index is 0.0199. The van der Waals surface area contributed by atoms with Gasteiger partial charge in [-0.05, 0) is 30.5 Å². The number of methoxy groups -OCH3 is 1. The van der Waals surface area contributed by atoms with E-state index in [-0.39, 0.29) is 17.9 Å². The largest absolute Gasteiger partial charge is 0.497 e. The van der Waals surface area contributed by atoms with E-state index in [1.807, 2.05) is 29.2 Å². The number of nitrogens with zero attached hydrogens (tertiary/aromatic N) is 2. The summed E-state index contributed by atoms with van der Waals surface area (Å²) in [4.78, 5) is 26.5. The first-order chi connectivity index (χ1) is 13.1. The Morgan fingerprint density at radius 3 is 3.04 bits per heavy atom. The van der Waals surface area contributed by atoms with Crippen LogP contribution in [0.15, 0.2) is 41.1 Å². The number of hydrogen-bond acceptors (Lipinski definition) is 5. The number of likely N-dealkylation sites (tertiary alicyclic amines) is 1. The highest BCUT2D eigenvalue weighted by Crippen LogP contribution is 2.18. The van der Waals surface area contributed by atoms with Gasteiger partial charge in [-0.25, -0.2) is 0 Å². The van der Waals surface area contributed by atoms with Gasteiger partial charge in [-0.3, -0.25) is 9.59 Å². The molecule has 1 aromatic heterocycles. The van der Waals surface area contributed by atoms with Crippen molar-refractivity contribution in [3.63, 3.8) is 0 Å². The van der Waals surface area contributed by atoms with Crippen LogP contribution in [-0.2, 0) is 22.6 Å². The monoisotopic (exact) mass is 371 g/mol. The molecule has 7 nitrogen and oxygen atoms in total. The van der Waals surface area contributed by atoms with Crippen molar-refractivity contribution in [2.75, 3.05) is 13.7 Å². The minimum atomic E-state index is -0.0231. The fourth-order valence-corrected chi connectivity index (χ4v) is 3.25. The van der Waals surface area contributed by atoms with Gasteiger partial charge in [-0.1, -0.05) is 17.3 Å². The van der Waals surface area contributed by atoms with Crippen molar-refractivity contribution in [3.05, 3.63) is 47.9 Å². The summed E-state index contributed by atoms with van der Waals surface area (Å²) in [7, 11) is 1.63. The quantitative estimate of drug-likeness (QED) is 0.807. The van der Waals surface area contributed by atoms with Crippen molar-refractivity contribution >= 4 is 11.8 Å². The average molecular weight is 371 g/mol. The number of aryl methyl sites for hydroxylation is 1. The molecule has 1 aliphatic heterocycles. The summed E-state index contributed by atoms with van der Waals surface area (Å²) in [5.41, 5.74) is 1.04. The first-order valence-electron chi connectivity index (χ1n) is 9.23. The van der Waals surface area contributed by atoms with Crippen LogP contribution in [0.1, 0.15) is 37.0 Å². The molecule has 144 valence electrons. The Morgan fingerprint density at radius 2 is 2.26 bits per heavy atom. The molecule has 0 spiro atoms. The molecule has 1 fully saturated rings. The molecule has 1 N–H and O–H groups in total. The molecule has 0 saturated carbocycles. The first kappa shape index (κ1) is 18.9. The minimum Gasteiger partial charge on any atom is -0.497 e. The summed E-state index contributed by atoms with van der Waals surface area (Å²) < 4.78 is 10.2. The highest BCUT2D eigenvalue weighted by atomic mass is 16.5. The van der Waals surface area contributed by atoms with Gasteiger partial charge in [0.15, 0.2) is 0 Å². The van der Waals surface area contributed by atoms with Gasteiger partial charge in [0.25, 0.3) is 0 Å². The van der Waals surface area contributed by atoms with Gasteiger partial charge in [0, 0.05) is 44.5 Å². The van der Waals surface area contributed by atoms with Gasteiger partial charge in [0.1, 0.15) is 11.5 Å². The zero-order valence-electron chi connectivity index (χ0n) is 15.5. The SMILES string of the molecule is COc1cccc(CN2CCC(NC(=O)CCc3ccno3)CCC2=O)c1. The molecule has 0 bridgehead atoms. The smallest absolute Gasteiger partial charge is 0.222 e. The Labute approximate surface area is 158 Å². The lowest BCUT2D eigenvalue weighted by Crippen LogP contribution is -2.36. The highest BCUT2D eigenvalue weighted by molar-refractivity contribution is 5.78. The molecule has 2 heterocycles. The molecule has 1 unspecified atom stereocenters. The number of rotatable bonds is 7. The van der Waals surface area contributed by atoms with E-state index in [0.29, 0.717) is 44.5 Å². The fraction of sp³-hybridized carbons (Fsp3) is 0.450. The normalized spacial score (nSPS) is 17.4. The van der Waals surface area contributed by atoms with E-state index in [1.54, 1.807) is 19.4 Å². The standard InChI is InChI=1S/C20H25N3O4/c1-26-18-4-2-3-15(13-18)14-23-12-10-16(5-8-20(23)25)22-19(24)7-6-17-9-11-21-27-17/h2-4,9,11,13,16H,5-8,10,12,14H2,1H3,(H,22,24). The molecule has 1 aromatic carbocycles. The van der Waals surface area contributed by atoms with Gasteiger partial charge in [-0.15, -0.1) is 0 Å². The van der Waals surface area contributed by atoms with E-state index >= 15 is 0 Å². The summed E-state index contributed by atoms with van der Waals surface area (Å²) in [6.45, 7) is 1.19. The number of aromatic nitrogens is 1. The Bertz CT molecular complexity index is 760. The molecule has 2 aromatic rings. The van der Waals surface area contributed by atoms with E-state index < -0.39 is 0 Å². The molecule has 27 heavy (non-hydrogen) atoms. The molecule has 0 aliphatic carbocycles. The van der Waals surface area contributed by atoms with Crippen molar-refractivity contribution in [2.45, 2.75) is 44.7 Å². The molecule has 0 radical (unpaired) electrons. The maximum Gasteiger partial charge on any atom is 0.222 e. The van der Waals surface area contributed by atoms with Gasteiger partial charge in [-0.2, -0.15) is 0 Å². The Balaban J connectivity index is 1.49. The molecule has 2 amide bonds. The van der Waals surface area contributed by atoms with Gasteiger partial charge in [0.05, 0.1) is 13.3 Å². The number of nitrogens with one attached hydrogen (secondary N) is 1. The number of hydrogen-bond donors (Lipinski definition) is 1. The van der Waals surface area contributed by atoms with Crippen LogP contribution in [0.25, 0.3) is 0 Å². The number of benzene rings is 1. The third kappa shape index (κ3) is 5.57. The van der Waals surface area contributed by atoms with Crippen LogP contribution < -0.4 is 10.1 Å². The predicted octanol–water partition coefficient (Wildman–Crippen LogP) is 2.31. The first-order valence-corrected chi connectivity index (χ1v) is 9.23. The van der Waals surface area contributed by atoms with Crippen LogP contribution in [0.5, 0.6) is 5.75 Å². The zero-order chi connectivity index (χ0) is 19.1. The highest BCUT2D eigenvalue weighted by Gasteiger charge is 2.23. The molecular formula is C20H25N3O4. The van der Waals surface area contributed by atoms with E-state index in [2.05, 4.69) is 10.5 Å². The maximum absolute atomic E-state index is 12.4. The van der Waals surface area contributed by atoms with Crippen LogP contribution in [0.4, 0.5) is 0 Å². The fourth-order valence-electron chi connectivity index (χ4n) is 3.25. The van der Waals surface area contributed by atoms with Crippen LogP contribution in [0.3, 0.4) is 0 Å². The third-order valence-corrected chi connectivity index (χ3v) is 4.77. The van der Waals surface area contributed by atoms with Crippen molar-refractivity contribution in [1.29, 1.82) is 0 Å². The number of carbonyl (C=O) groups is 2. The zero-order valence-corrected chi connectivity index (χ0v) is 15.5. The lowest BCUT2D eigenvalue weighted by Gasteiger charge is -2.21. The van der Waals surface area contributed by atoms with E-state index in [0.717, 1.165) is 17.7 Å². The Morgan fingerprint density at radius 1 is 1.37 bits per heavy atom. The molecule has 1 aliphatic rings. The lowest BCUT2D eigenvalue weighted by atomic mass is 10.1. The Kier molecular flexibility index (Phi) is 6.46. The average Bonchev–Trinajstić information content (AvgIpc) is 3.15. The molecular weight excluding hydrogens is 346 g/mol. The van der Waals surface area contributed by atoms with Crippen molar-refractivity contribution in [1.82, 2.24) is 15.4 Å². The third-order valence-electron chi connectivity index (χ3n) is 4.77.